The van der Waals surface area contributed by atoms with Crippen LogP contribution in [-0.4, -0.2) is 18.2 Å². The van der Waals surface area contributed by atoms with Crippen molar-refractivity contribution >= 4 is 17.6 Å². The lowest BCUT2D eigenvalue weighted by atomic mass is 10.1. The van der Waals surface area contributed by atoms with E-state index in [4.69, 9.17) is 16.1 Å². The van der Waals surface area contributed by atoms with Gasteiger partial charge in [0.15, 0.2) is 5.76 Å². The molecule has 2 aromatic carbocycles. The molecule has 1 aromatic heterocycles. The number of carbonyl (C=O) groups is 1. The summed E-state index contributed by atoms with van der Waals surface area (Å²) < 4.78 is 10.0. The summed E-state index contributed by atoms with van der Waals surface area (Å²) >= 11 is 5.88. The molecule has 0 saturated heterocycles. The van der Waals surface area contributed by atoms with E-state index in [2.05, 4.69) is 9.89 Å². The molecule has 0 amide bonds. The molecule has 0 aliphatic rings. The van der Waals surface area contributed by atoms with Gasteiger partial charge in [-0.15, -0.1) is 0 Å². The Labute approximate surface area is 138 Å². The smallest absolute Gasteiger partial charge is 0.309 e. The highest BCUT2D eigenvalue weighted by Gasteiger charge is 2.09. The van der Waals surface area contributed by atoms with Gasteiger partial charge in [0.05, 0.1) is 13.5 Å². The zero-order chi connectivity index (χ0) is 16.2. The maximum Gasteiger partial charge on any atom is 0.309 e. The second-order valence-electron chi connectivity index (χ2n) is 5.03. The Morgan fingerprint density at radius 2 is 1.74 bits per heavy atom. The third-order valence-electron chi connectivity index (χ3n) is 3.46. The molecule has 0 unspecified atom stereocenters. The number of rotatable bonds is 4. The number of halogens is 1. The van der Waals surface area contributed by atoms with Crippen LogP contribution in [0.1, 0.15) is 5.56 Å². The van der Waals surface area contributed by atoms with Gasteiger partial charge in [-0.05, 0) is 29.8 Å². The average Bonchev–Trinajstić information content (AvgIpc) is 3.06. The maximum atomic E-state index is 11.3. The van der Waals surface area contributed by atoms with Crippen molar-refractivity contribution in [1.29, 1.82) is 0 Å². The van der Waals surface area contributed by atoms with Crippen molar-refractivity contribution in [3.8, 4) is 22.6 Å². The van der Waals surface area contributed by atoms with Gasteiger partial charge in [-0.3, -0.25) is 4.79 Å². The number of esters is 1. The van der Waals surface area contributed by atoms with Crippen LogP contribution in [0.3, 0.4) is 0 Å². The highest BCUT2D eigenvalue weighted by atomic mass is 35.5. The molecule has 5 heteroatoms. The van der Waals surface area contributed by atoms with Crippen molar-refractivity contribution in [2.45, 2.75) is 6.42 Å². The quantitative estimate of drug-likeness (QED) is 0.667. The first-order chi connectivity index (χ1) is 11.2. The number of ether oxygens (including phenoxy) is 1. The van der Waals surface area contributed by atoms with E-state index in [9.17, 15) is 4.79 Å². The molecule has 0 fully saturated rings. The zero-order valence-electron chi connectivity index (χ0n) is 12.5. The molecule has 3 rings (SSSR count). The zero-order valence-corrected chi connectivity index (χ0v) is 13.2. The number of hydrogen-bond donors (Lipinski definition) is 0. The van der Waals surface area contributed by atoms with E-state index in [0.717, 1.165) is 22.4 Å². The molecule has 23 heavy (non-hydrogen) atoms. The summed E-state index contributed by atoms with van der Waals surface area (Å²) in [6, 6.07) is 16.8. The molecule has 0 atom stereocenters. The topological polar surface area (TPSA) is 52.3 Å². The van der Waals surface area contributed by atoms with Gasteiger partial charge in [-0.25, -0.2) is 0 Å². The minimum absolute atomic E-state index is 0.256. The highest BCUT2D eigenvalue weighted by Crippen LogP contribution is 2.27. The van der Waals surface area contributed by atoms with Crippen molar-refractivity contribution in [1.82, 2.24) is 5.16 Å². The van der Waals surface area contributed by atoms with E-state index in [-0.39, 0.29) is 12.4 Å². The maximum absolute atomic E-state index is 11.3. The van der Waals surface area contributed by atoms with Crippen LogP contribution < -0.4 is 0 Å². The third kappa shape index (κ3) is 3.60. The standard InChI is InChI=1S/C18H14ClNO3/c1-22-18(21)10-12-2-4-13(5-3-12)16-11-17(23-20-16)14-6-8-15(19)9-7-14/h2-9,11H,10H2,1H3. The molecule has 0 spiro atoms. The molecule has 0 saturated carbocycles. The average molecular weight is 328 g/mol. The number of nitrogens with zero attached hydrogens (tertiary/aromatic N) is 1. The molecule has 0 bridgehead atoms. The van der Waals surface area contributed by atoms with Gasteiger partial charge in [0, 0.05) is 22.2 Å². The fraction of sp³-hybridized carbons (Fsp3) is 0.111. The molecular weight excluding hydrogens is 314 g/mol. The van der Waals surface area contributed by atoms with E-state index in [1.54, 1.807) is 12.1 Å². The van der Waals surface area contributed by atoms with Gasteiger partial charge in [0.1, 0.15) is 5.69 Å². The van der Waals surface area contributed by atoms with E-state index < -0.39 is 0 Å². The Hall–Kier alpha value is -2.59. The van der Waals surface area contributed by atoms with E-state index in [1.165, 1.54) is 7.11 Å². The predicted octanol–water partition coefficient (Wildman–Crippen LogP) is 4.38. The first-order valence-electron chi connectivity index (χ1n) is 7.04. The Balaban J connectivity index is 1.80. The Morgan fingerprint density at radius 1 is 1.09 bits per heavy atom. The van der Waals surface area contributed by atoms with Crippen LogP contribution in [0.4, 0.5) is 0 Å². The van der Waals surface area contributed by atoms with Crippen LogP contribution in [0.15, 0.2) is 59.1 Å². The molecule has 116 valence electrons. The largest absolute Gasteiger partial charge is 0.469 e. The second-order valence-corrected chi connectivity index (χ2v) is 5.47. The molecular formula is C18H14ClNO3. The molecule has 0 aliphatic heterocycles. The lowest BCUT2D eigenvalue weighted by Crippen LogP contribution is -2.04. The molecule has 1 heterocycles. The van der Waals surface area contributed by atoms with Crippen LogP contribution >= 0.6 is 11.6 Å². The van der Waals surface area contributed by atoms with Gasteiger partial charge in [-0.1, -0.05) is 41.0 Å². The Morgan fingerprint density at radius 3 is 2.39 bits per heavy atom. The molecule has 0 aliphatic carbocycles. The lowest BCUT2D eigenvalue weighted by molar-refractivity contribution is -0.139. The van der Waals surface area contributed by atoms with E-state index in [0.29, 0.717) is 10.8 Å². The molecule has 3 aromatic rings. The first kappa shape index (κ1) is 15.3. The summed E-state index contributed by atoms with van der Waals surface area (Å²) in [7, 11) is 1.38. The number of methoxy groups -OCH3 is 1. The molecule has 0 N–H and O–H groups in total. The second kappa shape index (κ2) is 6.67. The van der Waals surface area contributed by atoms with Crippen LogP contribution in [0, 0.1) is 0 Å². The van der Waals surface area contributed by atoms with Gasteiger partial charge >= 0.3 is 5.97 Å². The third-order valence-corrected chi connectivity index (χ3v) is 3.72. The van der Waals surface area contributed by atoms with Gasteiger partial charge < -0.3 is 9.26 Å². The van der Waals surface area contributed by atoms with Crippen molar-refractivity contribution in [3.05, 3.63) is 65.2 Å². The number of carbonyl (C=O) groups excluding carboxylic acids is 1. The summed E-state index contributed by atoms with van der Waals surface area (Å²) in [6.07, 6.45) is 0.256. The fourth-order valence-corrected chi connectivity index (χ4v) is 2.32. The van der Waals surface area contributed by atoms with Crippen LogP contribution in [0.25, 0.3) is 22.6 Å². The van der Waals surface area contributed by atoms with Gasteiger partial charge in [0.2, 0.25) is 0 Å². The monoisotopic (exact) mass is 327 g/mol. The SMILES string of the molecule is COC(=O)Cc1ccc(-c2cc(-c3ccc(Cl)cc3)on2)cc1. The lowest BCUT2D eigenvalue weighted by Gasteiger charge is -2.01. The van der Waals surface area contributed by atoms with E-state index in [1.807, 2.05) is 42.5 Å². The molecule has 0 radical (unpaired) electrons. The summed E-state index contributed by atoms with van der Waals surface area (Å²) in [5.41, 5.74) is 3.46. The fourth-order valence-electron chi connectivity index (χ4n) is 2.19. The number of benzene rings is 2. The van der Waals surface area contributed by atoms with Crippen molar-refractivity contribution in [2.75, 3.05) is 7.11 Å². The summed E-state index contributed by atoms with van der Waals surface area (Å²) in [5, 5.41) is 4.77. The Kier molecular flexibility index (Phi) is 4.44. The minimum Gasteiger partial charge on any atom is -0.469 e. The summed E-state index contributed by atoms with van der Waals surface area (Å²) in [5.74, 6) is 0.416. The number of aromatic nitrogens is 1. The highest BCUT2D eigenvalue weighted by molar-refractivity contribution is 6.30. The Bertz CT molecular complexity index is 807. The van der Waals surface area contributed by atoms with Gasteiger partial charge in [0.25, 0.3) is 0 Å². The van der Waals surface area contributed by atoms with Gasteiger partial charge in [-0.2, -0.15) is 0 Å². The minimum atomic E-state index is -0.260. The predicted molar refractivity (Wildman–Crippen MR) is 88.1 cm³/mol. The van der Waals surface area contributed by atoms with E-state index >= 15 is 0 Å². The molecule has 4 nitrogen and oxygen atoms in total. The van der Waals surface area contributed by atoms with Crippen molar-refractivity contribution in [2.24, 2.45) is 0 Å². The van der Waals surface area contributed by atoms with Crippen LogP contribution in [-0.2, 0) is 16.0 Å². The number of hydrogen-bond acceptors (Lipinski definition) is 4. The summed E-state index contributed by atoms with van der Waals surface area (Å²) in [6.45, 7) is 0. The van der Waals surface area contributed by atoms with Crippen molar-refractivity contribution < 1.29 is 14.1 Å². The normalized spacial score (nSPS) is 10.5. The summed E-state index contributed by atoms with van der Waals surface area (Å²) in [4.78, 5) is 11.3. The van der Waals surface area contributed by atoms with Crippen molar-refractivity contribution in [3.63, 3.8) is 0 Å². The van der Waals surface area contributed by atoms with Crippen LogP contribution in [0.2, 0.25) is 5.02 Å². The van der Waals surface area contributed by atoms with Crippen LogP contribution in [0.5, 0.6) is 0 Å². The first-order valence-corrected chi connectivity index (χ1v) is 7.42.